The molecule has 0 radical (unpaired) electrons. The summed E-state index contributed by atoms with van der Waals surface area (Å²) in [6, 6.07) is 13.5. The highest BCUT2D eigenvalue weighted by molar-refractivity contribution is 5.96. The molecule has 0 bridgehead atoms. The Kier molecular flexibility index (Phi) is 4.72. The van der Waals surface area contributed by atoms with Crippen molar-refractivity contribution in [1.82, 2.24) is 0 Å². The number of nitrogens with one attached hydrogen (secondary N) is 1. The second-order valence-corrected chi connectivity index (χ2v) is 7.68. The van der Waals surface area contributed by atoms with Gasteiger partial charge < -0.3 is 15.0 Å². The van der Waals surface area contributed by atoms with Crippen molar-refractivity contribution in [3.05, 3.63) is 53.6 Å². The van der Waals surface area contributed by atoms with E-state index in [2.05, 4.69) is 26.1 Å². The fourth-order valence-corrected chi connectivity index (χ4v) is 2.93. The maximum atomic E-state index is 12.4. The van der Waals surface area contributed by atoms with Crippen LogP contribution in [0.15, 0.2) is 42.5 Å². The Balaban J connectivity index is 1.70. The number of carbonyl (C=O) groups excluding carboxylic acids is 2. The van der Waals surface area contributed by atoms with Gasteiger partial charge in [-0.15, -0.1) is 0 Å². The van der Waals surface area contributed by atoms with Crippen LogP contribution in [-0.4, -0.2) is 25.0 Å². The number of hydrogen-bond acceptors (Lipinski definition) is 4. The second kappa shape index (κ2) is 6.83. The van der Waals surface area contributed by atoms with E-state index in [0.717, 1.165) is 16.9 Å². The minimum Gasteiger partial charge on any atom is -0.423 e. The molecule has 136 valence electrons. The Hall–Kier alpha value is -2.82. The molecule has 0 unspecified atom stereocenters. The number of hydrogen-bond donors (Lipinski definition) is 1. The number of esters is 1. The molecule has 5 nitrogen and oxygen atoms in total. The summed E-state index contributed by atoms with van der Waals surface area (Å²) < 4.78 is 5.28. The highest BCUT2D eigenvalue weighted by Gasteiger charge is 2.25. The summed E-state index contributed by atoms with van der Waals surface area (Å²) in [5.41, 5.74) is 3.78. The second-order valence-electron chi connectivity index (χ2n) is 7.68. The molecule has 0 aromatic heterocycles. The summed E-state index contributed by atoms with van der Waals surface area (Å²) >= 11 is 0. The summed E-state index contributed by atoms with van der Waals surface area (Å²) in [4.78, 5) is 26.0. The van der Waals surface area contributed by atoms with E-state index in [-0.39, 0.29) is 30.4 Å². The van der Waals surface area contributed by atoms with E-state index in [0.29, 0.717) is 5.75 Å². The molecule has 3 rings (SSSR count). The van der Waals surface area contributed by atoms with Gasteiger partial charge in [-0.3, -0.25) is 4.79 Å². The topological polar surface area (TPSA) is 58.6 Å². The summed E-state index contributed by atoms with van der Waals surface area (Å²) in [6.07, 6.45) is 0. The maximum absolute atomic E-state index is 12.4. The van der Waals surface area contributed by atoms with Crippen molar-refractivity contribution < 1.29 is 14.3 Å². The van der Waals surface area contributed by atoms with Crippen LogP contribution in [-0.2, 0) is 15.0 Å². The normalized spacial score (nSPS) is 13.8. The van der Waals surface area contributed by atoms with Gasteiger partial charge in [-0.2, -0.15) is 0 Å². The lowest BCUT2D eigenvalue weighted by atomic mass is 9.87. The molecule has 2 aromatic carbocycles. The molecule has 0 atom stereocenters. The van der Waals surface area contributed by atoms with Crippen molar-refractivity contribution in [3.63, 3.8) is 0 Å². The molecule has 0 fully saturated rings. The number of carbonyl (C=O) groups is 2. The van der Waals surface area contributed by atoms with Gasteiger partial charge in [0, 0.05) is 5.69 Å². The lowest BCUT2D eigenvalue weighted by Gasteiger charge is -2.29. The van der Waals surface area contributed by atoms with Gasteiger partial charge in [0.1, 0.15) is 6.54 Å². The number of fused-ring (bicyclic) bond motifs is 1. The van der Waals surface area contributed by atoms with Crippen molar-refractivity contribution in [2.24, 2.45) is 0 Å². The maximum Gasteiger partial charge on any atom is 0.331 e. The van der Waals surface area contributed by atoms with Crippen LogP contribution in [0.4, 0.5) is 11.4 Å². The monoisotopic (exact) mass is 352 g/mol. The molecule has 1 aliphatic heterocycles. The number of ether oxygens (including phenoxy) is 1. The SMILES string of the molecule is Cc1ccc2c(c1)OC(=O)CN2CC(=O)Nc1ccc(C(C)(C)C)cc1. The molecule has 5 heteroatoms. The predicted octanol–water partition coefficient (Wildman–Crippen LogP) is 3.66. The number of nitrogens with zero attached hydrogens (tertiary/aromatic N) is 1. The largest absolute Gasteiger partial charge is 0.423 e. The number of benzene rings is 2. The molecule has 1 heterocycles. The van der Waals surface area contributed by atoms with Gasteiger partial charge in [0.25, 0.3) is 0 Å². The summed E-state index contributed by atoms with van der Waals surface area (Å²) in [6.45, 7) is 8.53. The highest BCUT2D eigenvalue weighted by atomic mass is 16.5. The van der Waals surface area contributed by atoms with Crippen molar-refractivity contribution >= 4 is 23.3 Å². The lowest BCUT2D eigenvalue weighted by Crippen LogP contribution is -2.41. The average molecular weight is 352 g/mol. The third-order valence-corrected chi connectivity index (χ3v) is 4.37. The molecule has 1 aliphatic rings. The molecule has 0 saturated carbocycles. The van der Waals surface area contributed by atoms with E-state index in [4.69, 9.17) is 4.74 Å². The highest BCUT2D eigenvalue weighted by Crippen LogP contribution is 2.32. The zero-order chi connectivity index (χ0) is 18.9. The van der Waals surface area contributed by atoms with Crippen LogP contribution < -0.4 is 15.0 Å². The van der Waals surface area contributed by atoms with Crippen LogP contribution >= 0.6 is 0 Å². The van der Waals surface area contributed by atoms with Gasteiger partial charge in [0.2, 0.25) is 5.91 Å². The molecule has 0 aliphatic carbocycles. The van der Waals surface area contributed by atoms with Crippen molar-refractivity contribution in [2.45, 2.75) is 33.1 Å². The Labute approximate surface area is 154 Å². The van der Waals surface area contributed by atoms with Crippen molar-refractivity contribution in [2.75, 3.05) is 23.3 Å². The fraction of sp³-hybridized carbons (Fsp3) is 0.333. The molecule has 0 saturated heterocycles. The Morgan fingerprint density at radius 3 is 2.50 bits per heavy atom. The number of amides is 1. The first-order chi connectivity index (χ1) is 12.2. The van der Waals surface area contributed by atoms with E-state index in [1.165, 1.54) is 5.56 Å². The number of aryl methyl sites for hydroxylation is 1. The van der Waals surface area contributed by atoms with Crippen molar-refractivity contribution in [1.29, 1.82) is 0 Å². The first-order valence-electron chi connectivity index (χ1n) is 8.69. The van der Waals surface area contributed by atoms with Gasteiger partial charge in [-0.05, 0) is 47.7 Å². The summed E-state index contributed by atoms with van der Waals surface area (Å²) in [7, 11) is 0. The molecular formula is C21H24N2O3. The third kappa shape index (κ3) is 4.04. The van der Waals surface area contributed by atoms with Crippen LogP contribution in [0.2, 0.25) is 0 Å². The summed E-state index contributed by atoms with van der Waals surface area (Å²) in [5.74, 6) is -0.0243. The predicted molar refractivity (Wildman–Crippen MR) is 103 cm³/mol. The molecule has 1 N–H and O–H groups in total. The van der Waals surface area contributed by atoms with Gasteiger partial charge in [0.15, 0.2) is 5.75 Å². The van der Waals surface area contributed by atoms with Crippen LogP contribution in [0.5, 0.6) is 5.75 Å². The van der Waals surface area contributed by atoms with Gasteiger partial charge in [-0.1, -0.05) is 39.0 Å². The van der Waals surface area contributed by atoms with E-state index in [1.54, 1.807) is 4.90 Å². The smallest absolute Gasteiger partial charge is 0.331 e. The Morgan fingerprint density at radius 1 is 1.15 bits per heavy atom. The minimum atomic E-state index is -0.356. The lowest BCUT2D eigenvalue weighted by molar-refractivity contribution is -0.133. The van der Waals surface area contributed by atoms with Gasteiger partial charge >= 0.3 is 5.97 Å². The number of rotatable bonds is 3. The molecule has 1 amide bonds. The third-order valence-electron chi connectivity index (χ3n) is 4.37. The zero-order valence-electron chi connectivity index (χ0n) is 15.6. The molecule has 2 aromatic rings. The Bertz CT molecular complexity index is 835. The van der Waals surface area contributed by atoms with Crippen LogP contribution in [0, 0.1) is 6.92 Å². The van der Waals surface area contributed by atoms with Crippen LogP contribution in [0.3, 0.4) is 0 Å². The quantitative estimate of drug-likeness (QED) is 0.677. The zero-order valence-corrected chi connectivity index (χ0v) is 15.6. The summed E-state index contributed by atoms with van der Waals surface area (Å²) in [5, 5.41) is 2.89. The minimum absolute atomic E-state index is 0.0619. The van der Waals surface area contributed by atoms with E-state index < -0.39 is 0 Å². The first-order valence-corrected chi connectivity index (χ1v) is 8.69. The van der Waals surface area contributed by atoms with Crippen LogP contribution in [0.1, 0.15) is 31.9 Å². The number of anilines is 2. The van der Waals surface area contributed by atoms with E-state index >= 15 is 0 Å². The fourth-order valence-electron chi connectivity index (χ4n) is 2.93. The average Bonchev–Trinajstić information content (AvgIpc) is 2.53. The standard InChI is InChI=1S/C21H24N2O3/c1-14-5-10-17-18(11-14)26-20(25)13-23(17)12-19(24)22-16-8-6-15(7-9-16)21(2,3)4/h5-11H,12-13H2,1-4H3,(H,22,24). The van der Waals surface area contributed by atoms with Crippen molar-refractivity contribution in [3.8, 4) is 5.75 Å². The van der Waals surface area contributed by atoms with E-state index in [1.807, 2.05) is 49.4 Å². The first kappa shape index (κ1) is 18.0. The van der Waals surface area contributed by atoms with Gasteiger partial charge in [-0.25, -0.2) is 4.79 Å². The molecular weight excluding hydrogens is 328 g/mol. The molecule has 26 heavy (non-hydrogen) atoms. The molecule has 0 spiro atoms. The Morgan fingerprint density at radius 2 is 1.85 bits per heavy atom. The van der Waals surface area contributed by atoms with Crippen LogP contribution in [0.25, 0.3) is 0 Å². The van der Waals surface area contributed by atoms with Gasteiger partial charge in [0.05, 0.1) is 12.2 Å². The van der Waals surface area contributed by atoms with E-state index in [9.17, 15) is 9.59 Å².